The minimum Gasteiger partial charge on any atom is -0.480 e. The lowest BCUT2D eigenvalue weighted by atomic mass is 10.0. The first-order valence-electron chi connectivity index (χ1n) is 8.97. The number of halogens is 1. The molecule has 2 N–H and O–H groups in total. The number of carbonyl (C=O) groups is 1. The van der Waals surface area contributed by atoms with Gasteiger partial charge in [-0.25, -0.2) is 4.39 Å². The van der Waals surface area contributed by atoms with Crippen molar-refractivity contribution in [2.75, 3.05) is 26.2 Å². The van der Waals surface area contributed by atoms with Crippen LogP contribution in [0.1, 0.15) is 17.3 Å². The number of piperazine rings is 1. The molecule has 0 saturated carbocycles. The van der Waals surface area contributed by atoms with Gasteiger partial charge in [0.05, 0.1) is 5.69 Å². The normalized spacial score (nSPS) is 17.2. The maximum Gasteiger partial charge on any atom is 0.325 e. The molecule has 0 unspecified atom stereocenters. The number of aromatic nitrogens is 2. The number of hydrogen-bond acceptors (Lipinski definition) is 4. The molecule has 140 valence electrons. The number of rotatable bonds is 5. The van der Waals surface area contributed by atoms with E-state index in [9.17, 15) is 14.3 Å². The molecule has 27 heavy (non-hydrogen) atoms. The van der Waals surface area contributed by atoms with Gasteiger partial charge in [0.2, 0.25) is 0 Å². The summed E-state index contributed by atoms with van der Waals surface area (Å²) in [5, 5.41) is 10.6. The van der Waals surface area contributed by atoms with Crippen LogP contribution in [-0.4, -0.2) is 57.0 Å². The van der Waals surface area contributed by atoms with Crippen LogP contribution < -0.4 is 0 Å². The number of nitrogens with zero attached hydrogens (tertiary/aromatic N) is 3. The van der Waals surface area contributed by atoms with E-state index in [1.165, 1.54) is 12.1 Å². The van der Waals surface area contributed by atoms with Crippen LogP contribution in [0.2, 0.25) is 0 Å². The molecule has 0 spiro atoms. The van der Waals surface area contributed by atoms with E-state index >= 15 is 0 Å². The lowest BCUT2D eigenvalue weighted by molar-refractivity contribution is -0.144. The van der Waals surface area contributed by atoms with Crippen LogP contribution in [0.4, 0.5) is 4.39 Å². The van der Waals surface area contributed by atoms with Gasteiger partial charge in [-0.2, -0.15) is 0 Å². The number of benzene rings is 1. The second kappa shape index (κ2) is 7.46. The van der Waals surface area contributed by atoms with Crippen molar-refractivity contribution in [2.45, 2.75) is 12.6 Å². The Hall–Kier alpha value is -2.77. The standard InChI is InChI=1S/C20H21FN4O2/c21-14-4-5-16-17(12-23-18(16)11-14)19(20(26)27)25-9-7-24(8-10-25)13-15-3-1-2-6-22-15/h1-6,11-12,19,23H,7-10,13H2,(H,26,27)/t19-/m1/s1. The van der Waals surface area contributed by atoms with Gasteiger partial charge in [0.15, 0.2) is 0 Å². The summed E-state index contributed by atoms with van der Waals surface area (Å²) < 4.78 is 13.4. The van der Waals surface area contributed by atoms with Crippen molar-refractivity contribution in [3.8, 4) is 0 Å². The smallest absolute Gasteiger partial charge is 0.325 e. The molecule has 0 radical (unpaired) electrons. The van der Waals surface area contributed by atoms with Gasteiger partial charge in [0.25, 0.3) is 0 Å². The summed E-state index contributed by atoms with van der Waals surface area (Å²) in [6, 6.07) is 9.51. The summed E-state index contributed by atoms with van der Waals surface area (Å²) >= 11 is 0. The molecule has 0 amide bonds. The Labute approximate surface area is 156 Å². The maximum atomic E-state index is 13.4. The van der Waals surface area contributed by atoms with E-state index in [4.69, 9.17) is 0 Å². The van der Waals surface area contributed by atoms with E-state index in [1.54, 1.807) is 18.5 Å². The molecule has 1 saturated heterocycles. The fourth-order valence-corrected chi connectivity index (χ4v) is 3.73. The van der Waals surface area contributed by atoms with Crippen molar-refractivity contribution in [2.24, 2.45) is 0 Å². The summed E-state index contributed by atoms with van der Waals surface area (Å²) in [5.41, 5.74) is 2.31. The minimum absolute atomic E-state index is 0.342. The Morgan fingerprint density at radius 3 is 2.74 bits per heavy atom. The van der Waals surface area contributed by atoms with Gasteiger partial charge in [-0.15, -0.1) is 0 Å². The molecule has 1 atom stereocenters. The Kier molecular flexibility index (Phi) is 4.87. The number of aliphatic carboxylic acids is 1. The van der Waals surface area contributed by atoms with E-state index < -0.39 is 12.0 Å². The lowest BCUT2D eigenvalue weighted by Gasteiger charge is -2.37. The average molecular weight is 368 g/mol. The number of carboxylic acids is 1. The van der Waals surface area contributed by atoms with E-state index in [0.29, 0.717) is 24.2 Å². The largest absolute Gasteiger partial charge is 0.480 e. The molecule has 2 aromatic heterocycles. The van der Waals surface area contributed by atoms with Crippen molar-refractivity contribution in [3.63, 3.8) is 0 Å². The first-order chi connectivity index (χ1) is 13.1. The van der Waals surface area contributed by atoms with Crippen LogP contribution in [0.25, 0.3) is 10.9 Å². The number of pyridine rings is 1. The molecule has 0 aliphatic carbocycles. The van der Waals surface area contributed by atoms with Gasteiger partial charge in [-0.1, -0.05) is 6.07 Å². The Balaban J connectivity index is 1.49. The fourth-order valence-electron chi connectivity index (χ4n) is 3.73. The number of carboxylic acid groups (broad SMARTS) is 1. The molecule has 6 nitrogen and oxygen atoms in total. The molecule has 7 heteroatoms. The van der Waals surface area contributed by atoms with Gasteiger partial charge in [0.1, 0.15) is 11.9 Å². The summed E-state index contributed by atoms with van der Waals surface area (Å²) in [4.78, 5) is 23.6. The van der Waals surface area contributed by atoms with Crippen molar-refractivity contribution in [1.82, 2.24) is 19.8 Å². The molecule has 1 aliphatic rings. The zero-order valence-corrected chi connectivity index (χ0v) is 14.8. The van der Waals surface area contributed by atoms with Crippen LogP contribution in [0.3, 0.4) is 0 Å². The first-order valence-corrected chi connectivity index (χ1v) is 8.97. The predicted octanol–water partition coefficient (Wildman–Crippen LogP) is 2.65. The molecule has 1 aromatic carbocycles. The van der Waals surface area contributed by atoms with Gasteiger partial charge < -0.3 is 10.1 Å². The molecular formula is C20H21FN4O2. The molecule has 3 aromatic rings. The number of aromatic amines is 1. The quantitative estimate of drug-likeness (QED) is 0.724. The van der Waals surface area contributed by atoms with E-state index in [2.05, 4.69) is 14.9 Å². The third-order valence-corrected chi connectivity index (χ3v) is 5.09. The summed E-state index contributed by atoms with van der Waals surface area (Å²) in [6.45, 7) is 3.61. The summed E-state index contributed by atoms with van der Waals surface area (Å²) in [7, 11) is 0. The van der Waals surface area contributed by atoms with Crippen molar-refractivity contribution in [3.05, 3.63) is 65.9 Å². The van der Waals surface area contributed by atoms with Gasteiger partial charge in [-0.3, -0.25) is 19.6 Å². The zero-order chi connectivity index (χ0) is 18.8. The third kappa shape index (κ3) is 3.70. The third-order valence-electron chi connectivity index (χ3n) is 5.09. The van der Waals surface area contributed by atoms with Crippen molar-refractivity contribution >= 4 is 16.9 Å². The summed E-state index contributed by atoms with van der Waals surface area (Å²) in [5.74, 6) is -1.23. The second-order valence-electron chi connectivity index (χ2n) is 6.81. The minimum atomic E-state index is -0.890. The Morgan fingerprint density at radius 1 is 1.22 bits per heavy atom. The van der Waals surface area contributed by atoms with Crippen LogP contribution >= 0.6 is 0 Å². The van der Waals surface area contributed by atoms with E-state index in [0.717, 1.165) is 30.7 Å². The number of fused-ring (bicyclic) bond motifs is 1. The molecule has 3 heterocycles. The van der Waals surface area contributed by atoms with E-state index in [-0.39, 0.29) is 5.82 Å². The Morgan fingerprint density at radius 2 is 2.04 bits per heavy atom. The summed E-state index contributed by atoms with van der Waals surface area (Å²) in [6.07, 6.45) is 3.47. The molecular weight excluding hydrogens is 347 g/mol. The molecule has 1 aliphatic heterocycles. The monoisotopic (exact) mass is 368 g/mol. The molecule has 1 fully saturated rings. The van der Waals surface area contributed by atoms with Gasteiger partial charge in [-0.05, 0) is 30.3 Å². The molecule has 0 bridgehead atoms. The highest BCUT2D eigenvalue weighted by Gasteiger charge is 2.32. The number of hydrogen-bond donors (Lipinski definition) is 2. The van der Waals surface area contributed by atoms with Crippen LogP contribution in [0, 0.1) is 5.82 Å². The van der Waals surface area contributed by atoms with Crippen molar-refractivity contribution < 1.29 is 14.3 Å². The topological polar surface area (TPSA) is 72.5 Å². The highest BCUT2D eigenvalue weighted by atomic mass is 19.1. The van der Waals surface area contributed by atoms with Gasteiger partial charge in [0, 0.05) is 61.6 Å². The average Bonchev–Trinajstić information content (AvgIpc) is 3.06. The fraction of sp³-hybridized carbons (Fsp3) is 0.300. The van der Waals surface area contributed by atoms with Gasteiger partial charge >= 0.3 is 5.97 Å². The first kappa shape index (κ1) is 17.6. The van der Waals surface area contributed by atoms with E-state index in [1.807, 2.05) is 23.1 Å². The van der Waals surface area contributed by atoms with Crippen LogP contribution in [0.15, 0.2) is 48.8 Å². The second-order valence-corrected chi connectivity index (χ2v) is 6.81. The molecule has 4 rings (SSSR count). The SMILES string of the molecule is O=C(O)[C@@H](c1c[nH]c2cc(F)ccc12)N1CCN(Cc2ccccn2)CC1. The highest BCUT2D eigenvalue weighted by molar-refractivity contribution is 5.89. The Bertz CT molecular complexity index is 936. The number of nitrogens with one attached hydrogen (secondary N) is 1. The van der Waals surface area contributed by atoms with Crippen LogP contribution in [0.5, 0.6) is 0 Å². The number of H-pyrrole nitrogens is 1. The zero-order valence-electron chi connectivity index (χ0n) is 14.8. The lowest BCUT2D eigenvalue weighted by Crippen LogP contribution is -2.48. The van der Waals surface area contributed by atoms with Crippen molar-refractivity contribution in [1.29, 1.82) is 0 Å². The maximum absolute atomic E-state index is 13.4. The highest BCUT2D eigenvalue weighted by Crippen LogP contribution is 2.30. The van der Waals surface area contributed by atoms with Crippen LogP contribution in [-0.2, 0) is 11.3 Å². The predicted molar refractivity (Wildman–Crippen MR) is 99.7 cm³/mol.